The van der Waals surface area contributed by atoms with Gasteiger partial charge in [-0.1, -0.05) is 20.8 Å². The second kappa shape index (κ2) is 13.6. The molecule has 1 saturated heterocycles. The second-order valence-corrected chi connectivity index (χ2v) is 14.9. The quantitative estimate of drug-likeness (QED) is 0.157. The van der Waals surface area contributed by atoms with E-state index in [1.165, 1.54) is 0 Å². The monoisotopic (exact) mass is 502 g/mol. The van der Waals surface area contributed by atoms with E-state index in [-0.39, 0.29) is 37.0 Å². The van der Waals surface area contributed by atoms with Crippen LogP contribution >= 0.6 is 15.7 Å². The van der Waals surface area contributed by atoms with Crippen molar-refractivity contribution in [3.8, 4) is 6.07 Å². The van der Waals surface area contributed by atoms with Crippen LogP contribution in [0.25, 0.3) is 0 Å². The Balaban J connectivity index is 3.09. The smallest absolute Gasteiger partial charge is 0.308 e. The summed E-state index contributed by atoms with van der Waals surface area (Å²) in [6.07, 6.45) is -1.10. The van der Waals surface area contributed by atoms with E-state index in [1.54, 1.807) is 27.2 Å². The molecule has 1 aliphatic heterocycles. The molecule has 0 bridgehead atoms. The fourth-order valence-electron chi connectivity index (χ4n) is 3.54. The molecule has 0 amide bonds. The highest BCUT2D eigenvalue weighted by molar-refractivity contribution is 7.63. The lowest BCUT2D eigenvalue weighted by atomic mass is 9.94. The number of carbonyl (C=O) groups is 1. The first-order valence-electron chi connectivity index (χ1n) is 11.6. The van der Waals surface area contributed by atoms with Gasteiger partial charge in [-0.25, -0.2) is 4.67 Å². The molecule has 33 heavy (non-hydrogen) atoms. The second-order valence-electron chi connectivity index (χ2n) is 9.80. The summed E-state index contributed by atoms with van der Waals surface area (Å²) >= 11 is 0. The van der Waals surface area contributed by atoms with E-state index in [4.69, 9.17) is 31.6 Å². The van der Waals surface area contributed by atoms with Crippen molar-refractivity contribution in [2.45, 2.75) is 103 Å². The molecule has 4 unspecified atom stereocenters. The van der Waals surface area contributed by atoms with Crippen LogP contribution in [0.1, 0.15) is 61.3 Å². The predicted molar refractivity (Wildman–Crippen MR) is 133 cm³/mol. The van der Waals surface area contributed by atoms with Crippen molar-refractivity contribution >= 4 is 29.5 Å². The lowest BCUT2D eigenvalue weighted by Gasteiger charge is -2.37. The van der Waals surface area contributed by atoms with Gasteiger partial charge in [0.1, 0.15) is 14.0 Å². The Kier molecular flexibility index (Phi) is 12.6. The van der Waals surface area contributed by atoms with Crippen LogP contribution in [-0.4, -0.2) is 80.5 Å². The molecule has 11 heteroatoms. The van der Waals surface area contributed by atoms with E-state index in [0.29, 0.717) is 6.42 Å². The number of nitriles is 1. The van der Waals surface area contributed by atoms with E-state index in [2.05, 4.69) is 38.4 Å². The summed E-state index contributed by atoms with van der Waals surface area (Å²) in [6.45, 7) is 17.2. The van der Waals surface area contributed by atoms with Gasteiger partial charge in [-0.05, 0) is 41.0 Å². The van der Waals surface area contributed by atoms with Crippen LogP contribution in [0.15, 0.2) is 0 Å². The maximum absolute atomic E-state index is 12.8. The molecule has 0 aliphatic carbocycles. The first-order chi connectivity index (χ1) is 15.2. The third-order valence-electron chi connectivity index (χ3n) is 5.60. The molecule has 8 nitrogen and oxygen atoms in total. The van der Waals surface area contributed by atoms with Gasteiger partial charge >= 0.3 is 5.97 Å². The summed E-state index contributed by atoms with van der Waals surface area (Å²) in [5.74, 6) is -0.684. The molecule has 1 heterocycles. The lowest BCUT2D eigenvalue weighted by Crippen LogP contribution is -2.40. The average Bonchev–Trinajstić information content (AvgIpc) is 3.04. The summed E-state index contributed by atoms with van der Waals surface area (Å²) in [4.78, 5) is 12.4. The Morgan fingerprint density at radius 3 is 2.24 bits per heavy atom. The van der Waals surface area contributed by atoms with Gasteiger partial charge in [-0.2, -0.15) is 5.26 Å². The van der Waals surface area contributed by atoms with Crippen LogP contribution in [0.5, 0.6) is 0 Å². The third-order valence-corrected chi connectivity index (χ3v) is 10.0. The Labute approximate surface area is 202 Å². The molecule has 188 valence electrons. The maximum atomic E-state index is 12.8. The largest absolute Gasteiger partial charge is 0.459 e. The summed E-state index contributed by atoms with van der Waals surface area (Å²) < 4.78 is 39.1. The van der Waals surface area contributed by atoms with Crippen LogP contribution < -0.4 is 0 Å². The summed E-state index contributed by atoms with van der Waals surface area (Å²) in [5.41, 5.74) is -0.396. The fraction of sp³-hybridized carbons (Fsp3) is 0.909. The van der Waals surface area contributed by atoms with Crippen molar-refractivity contribution in [3.05, 3.63) is 0 Å². The molecule has 0 spiro atoms. The van der Waals surface area contributed by atoms with Gasteiger partial charge in [0, 0.05) is 30.2 Å². The van der Waals surface area contributed by atoms with Crippen LogP contribution in [0.2, 0.25) is 0 Å². The summed E-state index contributed by atoms with van der Waals surface area (Å²) in [7, 11) is 2.22. The van der Waals surface area contributed by atoms with Gasteiger partial charge in [0.15, 0.2) is 0 Å². The highest BCUT2D eigenvalue weighted by atomic mass is 31.2. The third kappa shape index (κ3) is 9.24. The predicted octanol–water partition coefficient (Wildman–Crippen LogP) is 4.51. The molecule has 0 saturated carbocycles. The molecular formula is C22H41BN2O6P2. The molecule has 0 aromatic rings. The normalized spacial score (nSPS) is 24.3. The van der Waals surface area contributed by atoms with Gasteiger partial charge in [-0.15, -0.1) is 0 Å². The van der Waals surface area contributed by atoms with Crippen molar-refractivity contribution in [2.75, 3.05) is 19.9 Å². The molecule has 0 aromatic carbocycles. The highest BCUT2D eigenvalue weighted by Crippen LogP contribution is 2.51. The van der Waals surface area contributed by atoms with Crippen LogP contribution in [0.4, 0.5) is 0 Å². The minimum atomic E-state index is -2.58. The lowest BCUT2D eigenvalue weighted by molar-refractivity contribution is -0.159. The molecule has 1 fully saturated rings. The number of rotatable bonds is 13. The Bertz CT molecular complexity index is 703. The molecule has 1 rings (SSSR count). The van der Waals surface area contributed by atoms with E-state index in [1.807, 2.05) is 6.92 Å². The highest BCUT2D eigenvalue weighted by Gasteiger charge is 2.45. The van der Waals surface area contributed by atoms with E-state index in [9.17, 15) is 9.36 Å². The Morgan fingerprint density at radius 1 is 1.21 bits per heavy atom. The average molecular weight is 502 g/mol. The van der Waals surface area contributed by atoms with E-state index < -0.39 is 45.6 Å². The minimum absolute atomic E-state index is 0.151. The molecule has 2 radical (unpaired) electrons. The summed E-state index contributed by atoms with van der Waals surface area (Å²) in [5, 5.41) is 8.91. The van der Waals surface area contributed by atoms with Crippen LogP contribution in [-0.2, 0) is 27.9 Å². The number of esters is 1. The number of nitrogens with zero attached hydrogens (tertiary/aromatic N) is 2. The molecular weight excluding hydrogens is 461 g/mol. The Morgan fingerprint density at radius 2 is 1.79 bits per heavy atom. The number of carbonyl (C=O) groups excluding carboxylic acids is 1. The van der Waals surface area contributed by atoms with Crippen molar-refractivity contribution in [2.24, 2.45) is 5.92 Å². The standard InChI is InChI=1S/C22H41BN2O6P2/c1-14(2)22(26)30-20(17(7)33(8,9)27)18-13-19(21(23)29-18)31-32(28-12-10-11-24)25(15(3)4)16(5)6/h14-21H,10,12-13H2,1-9H3/t17?,18-,19?,20?,21+,32?/m0/s1. The van der Waals surface area contributed by atoms with Crippen molar-refractivity contribution < 1.29 is 27.9 Å². The number of ether oxygens (including phenoxy) is 2. The first kappa shape index (κ1) is 30.6. The molecule has 6 atom stereocenters. The van der Waals surface area contributed by atoms with Crippen LogP contribution in [0, 0.1) is 17.2 Å². The van der Waals surface area contributed by atoms with Gasteiger partial charge < -0.3 is 23.1 Å². The SMILES string of the molecule is [B][C@@H]1O[C@H](C(OC(=O)C(C)C)C(C)P(C)(C)=O)CC1OP(OCCC#N)N(C(C)C)C(C)C. The van der Waals surface area contributed by atoms with Gasteiger partial charge in [0.25, 0.3) is 8.53 Å². The molecule has 0 N–H and O–H groups in total. The minimum Gasteiger partial charge on any atom is -0.459 e. The topological polar surface area (TPSA) is 98.1 Å². The van der Waals surface area contributed by atoms with E-state index >= 15 is 0 Å². The van der Waals surface area contributed by atoms with Gasteiger partial charge in [0.05, 0.1) is 44.4 Å². The van der Waals surface area contributed by atoms with Gasteiger partial charge in [0.2, 0.25) is 0 Å². The van der Waals surface area contributed by atoms with Crippen molar-refractivity contribution in [1.29, 1.82) is 5.26 Å². The zero-order valence-corrected chi connectivity index (χ0v) is 23.3. The van der Waals surface area contributed by atoms with Gasteiger partial charge in [-0.3, -0.25) is 4.79 Å². The maximum Gasteiger partial charge on any atom is 0.308 e. The summed E-state index contributed by atoms with van der Waals surface area (Å²) in [6, 6.07) is 1.64. The first-order valence-corrected chi connectivity index (χ1v) is 15.4. The molecule has 1 aliphatic rings. The van der Waals surface area contributed by atoms with Crippen molar-refractivity contribution in [3.63, 3.8) is 0 Å². The van der Waals surface area contributed by atoms with Crippen molar-refractivity contribution in [1.82, 2.24) is 4.67 Å². The zero-order valence-electron chi connectivity index (χ0n) is 21.6. The van der Waals surface area contributed by atoms with Crippen LogP contribution in [0.3, 0.4) is 0 Å². The zero-order chi connectivity index (χ0) is 25.5. The fourth-order valence-corrected chi connectivity index (χ4v) is 6.24. The Hall–Kier alpha value is -0.475. The van der Waals surface area contributed by atoms with E-state index in [0.717, 1.165) is 0 Å². The number of hydrogen-bond donors (Lipinski definition) is 0. The molecule has 0 aromatic heterocycles. The number of hydrogen-bond acceptors (Lipinski definition) is 8.